The smallest absolute Gasteiger partial charge is 0.0338 e. The lowest BCUT2D eigenvalue weighted by Gasteiger charge is -2.28. The zero-order valence-electron chi connectivity index (χ0n) is 13.3. The molecule has 2 heteroatoms. The molecule has 0 aliphatic rings. The summed E-state index contributed by atoms with van der Waals surface area (Å²) in [5.41, 5.74) is 9.24. The second-order valence-corrected chi connectivity index (χ2v) is 6.86. The Morgan fingerprint density at radius 3 is 2.00 bits per heavy atom. The summed E-state index contributed by atoms with van der Waals surface area (Å²) in [6.45, 7) is 12.1. The van der Waals surface area contributed by atoms with Crippen LogP contribution in [-0.2, 0) is 5.41 Å². The molecule has 19 heavy (non-hydrogen) atoms. The first-order chi connectivity index (χ1) is 8.77. The van der Waals surface area contributed by atoms with E-state index in [1.807, 2.05) is 7.05 Å². The van der Waals surface area contributed by atoms with Crippen LogP contribution in [0.4, 0.5) is 0 Å². The van der Waals surface area contributed by atoms with Crippen LogP contribution in [0.25, 0.3) is 0 Å². The molecule has 0 spiro atoms. The summed E-state index contributed by atoms with van der Waals surface area (Å²) < 4.78 is 0. The molecule has 0 radical (unpaired) electrons. The summed E-state index contributed by atoms with van der Waals surface area (Å²) in [5, 5.41) is 3.26. The Balaban J connectivity index is 2.90. The van der Waals surface area contributed by atoms with Crippen molar-refractivity contribution in [1.29, 1.82) is 0 Å². The highest BCUT2D eigenvalue weighted by Crippen LogP contribution is 2.28. The lowest BCUT2D eigenvalue weighted by molar-refractivity contribution is 0.314. The molecule has 0 amide bonds. The Morgan fingerprint density at radius 2 is 1.63 bits per heavy atom. The van der Waals surface area contributed by atoms with Crippen LogP contribution in [0, 0.1) is 11.8 Å². The Bertz CT molecular complexity index is 373. The molecule has 2 unspecified atom stereocenters. The molecule has 0 aliphatic carbocycles. The van der Waals surface area contributed by atoms with E-state index in [4.69, 9.17) is 5.73 Å². The topological polar surface area (TPSA) is 38.0 Å². The molecule has 0 saturated heterocycles. The summed E-state index contributed by atoms with van der Waals surface area (Å²) >= 11 is 0. The fourth-order valence-corrected chi connectivity index (χ4v) is 2.47. The van der Waals surface area contributed by atoms with Gasteiger partial charge in [0, 0.05) is 6.04 Å². The molecular formula is C17H30N2. The van der Waals surface area contributed by atoms with Crippen molar-refractivity contribution in [3.63, 3.8) is 0 Å². The van der Waals surface area contributed by atoms with Gasteiger partial charge in [0.1, 0.15) is 0 Å². The van der Waals surface area contributed by atoms with Gasteiger partial charge in [-0.25, -0.2) is 0 Å². The van der Waals surface area contributed by atoms with Crippen molar-refractivity contribution in [2.45, 2.75) is 46.1 Å². The van der Waals surface area contributed by atoms with Gasteiger partial charge in [0.15, 0.2) is 0 Å². The Hall–Kier alpha value is -0.860. The Morgan fingerprint density at radius 1 is 1.11 bits per heavy atom. The summed E-state index contributed by atoms with van der Waals surface area (Å²) in [5.74, 6) is 1.04. The number of nitrogens with one attached hydrogen (secondary N) is 1. The highest BCUT2D eigenvalue weighted by molar-refractivity contribution is 5.29. The lowest BCUT2D eigenvalue weighted by atomic mass is 9.82. The molecule has 0 saturated carbocycles. The van der Waals surface area contributed by atoms with Crippen molar-refractivity contribution >= 4 is 0 Å². The minimum absolute atomic E-state index is 0.0986. The van der Waals surface area contributed by atoms with Crippen molar-refractivity contribution in [3.8, 4) is 0 Å². The van der Waals surface area contributed by atoms with Gasteiger partial charge in [-0.15, -0.1) is 0 Å². The molecule has 0 fully saturated rings. The van der Waals surface area contributed by atoms with Gasteiger partial charge in [0.25, 0.3) is 0 Å². The molecule has 0 heterocycles. The third-order valence-electron chi connectivity index (χ3n) is 3.92. The second-order valence-electron chi connectivity index (χ2n) is 6.86. The van der Waals surface area contributed by atoms with E-state index in [0.717, 1.165) is 6.54 Å². The molecule has 2 atom stereocenters. The van der Waals surface area contributed by atoms with Crippen LogP contribution in [-0.4, -0.2) is 13.6 Å². The maximum atomic E-state index is 6.45. The van der Waals surface area contributed by atoms with Crippen LogP contribution in [0.1, 0.15) is 51.8 Å². The zero-order valence-corrected chi connectivity index (χ0v) is 13.3. The van der Waals surface area contributed by atoms with Gasteiger partial charge in [0.2, 0.25) is 0 Å². The third kappa shape index (κ3) is 4.32. The van der Waals surface area contributed by atoms with E-state index < -0.39 is 0 Å². The fraction of sp³-hybridized carbons (Fsp3) is 0.647. The number of hydrogen-bond donors (Lipinski definition) is 2. The van der Waals surface area contributed by atoms with Crippen molar-refractivity contribution < 1.29 is 0 Å². The molecule has 0 aromatic heterocycles. The predicted molar refractivity (Wildman–Crippen MR) is 84.3 cm³/mol. The van der Waals surface area contributed by atoms with Gasteiger partial charge in [-0.05, 0) is 42.0 Å². The molecule has 1 aromatic rings. The first-order valence-corrected chi connectivity index (χ1v) is 7.28. The van der Waals surface area contributed by atoms with E-state index in [-0.39, 0.29) is 11.5 Å². The van der Waals surface area contributed by atoms with Gasteiger partial charge >= 0.3 is 0 Å². The van der Waals surface area contributed by atoms with Gasteiger partial charge < -0.3 is 11.1 Å². The van der Waals surface area contributed by atoms with Crippen LogP contribution in [0.5, 0.6) is 0 Å². The normalized spacial score (nSPS) is 15.6. The number of benzene rings is 1. The minimum Gasteiger partial charge on any atom is -0.324 e. The largest absolute Gasteiger partial charge is 0.324 e. The number of rotatable bonds is 5. The molecule has 108 valence electrons. The van der Waals surface area contributed by atoms with Crippen LogP contribution >= 0.6 is 0 Å². The van der Waals surface area contributed by atoms with Crippen molar-refractivity contribution in [3.05, 3.63) is 35.4 Å². The van der Waals surface area contributed by atoms with E-state index in [9.17, 15) is 0 Å². The molecule has 0 aliphatic heterocycles. The highest BCUT2D eigenvalue weighted by Gasteiger charge is 2.22. The van der Waals surface area contributed by atoms with Crippen molar-refractivity contribution in [2.75, 3.05) is 13.6 Å². The summed E-state index contributed by atoms with van der Waals surface area (Å²) in [4.78, 5) is 0. The molecule has 1 aromatic carbocycles. The van der Waals surface area contributed by atoms with E-state index in [1.54, 1.807) is 0 Å². The van der Waals surface area contributed by atoms with E-state index in [0.29, 0.717) is 11.8 Å². The highest BCUT2D eigenvalue weighted by atomic mass is 14.8. The zero-order chi connectivity index (χ0) is 14.6. The molecule has 0 bridgehead atoms. The lowest BCUT2D eigenvalue weighted by Crippen LogP contribution is -2.33. The average Bonchev–Trinajstić information content (AvgIpc) is 2.34. The first-order valence-electron chi connectivity index (χ1n) is 7.28. The SMILES string of the molecule is CNCC(C(C)C)C(N)c1ccc(C(C)(C)C)cc1. The maximum absolute atomic E-state index is 6.45. The van der Waals surface area contributed by atoms with Crippen molar-refractivity contribution in [2.24, 2.45) is 17.6 Å². The Kier molecular flexibility index (Phi) is 5.57. The maximum Gasteiger partial charge on any atom is 0.0338 e. The van der Waals surface area contributed by atoms with Crippen molar-refractivity contribution in [1.82, 2.24) is 5.32 Å². The third-order valence-corrected chi connectivity index (χ3v) is 3.92. The fourth-order valence-electron chi connectivity index (χ4n) is 2.47. The monoisotopic (exact) mass is 262 g/mol. The van der Waals surface area contributed by atoms with Gasteiger partial charge in [0.05, 0.1) is 0 Å². The van der Waals surface area contributed by atoms with Crippen LogP contribution in [0.15, 0.2) is 24.3 Å². The quantitative estimate of drug-likeness (QED) is 0.852. The summed E-state index contributed by atoms with van der Waals surface area (Å²) in [6.07, 6.45) is 0. The van der Waals surface area contributed by atoms with Gasteiger partial charge in [-0.2, -0.15) is 0 Å². The minimum atomic E-state index is 0.0986. The van der Waals surface area contributed by atoms with Crippen LogP contribution in [0.2, 0.25) is 0 Å². The van der Waals surface area contributed by atoms with Crippen LogP contribution in [0.3, 0.4) is 0 Å². The van der Waals surface area contributed by atoms with Gasteiger partial charge in [-0.3, -0.25) is 0 Å². The second kappa shape index (κ2) is 6.53. The van der Waals surface area contributed by atoms with E-state index >= 15 is 0 Å². The average molecular weight is 262 g/mol. The predicted octanol–water partition coefficient (Wildman–Crippen LogP) is 3.48. The molecule has 1 rings (SSSR count). The van der Waals surface area contributed by atoms with E-state index in [2.05, 4.69) is 64.2 Å². The first kappa shape index (κ1) is 16.2. The molecule has 3 N–H and O–H groups in total. The molecular weight excluding hydrogens is 232 g/mol. The van der Waals surface area contributed by atoms with Crippen LogP contribution < -0.4 is 11.1 Å². The molecule has 2 nitrogen and oxygen atoms in total. The van der Waals surface area contributed by atoms with Gasteiger partial charge in [-0.1, -0.05) is 58.9 Å². The Labute approximate surface area is 118 Å². The number of nitrogens with two attached hydrogens (primary N) is 1. The summed E-state index contributed by atoms with van der Waals surface area (Å²) in [7, 11) is 1.99. The number of hydrogen-bond acceptors (Lipinski definition) is 2. The summed E-state index contributed by atoms with van der Waals surface area (Å²) in [6, 6.07) is 8.91. The van der Waals surface area contributed by atoms with E-state index in [1.165, 1.54) is 11.1 Å². The standard InChI is InChI=1S/C17H30N2/c1-12(2)15(11-19-6)16(18)13-7-9-14(10-8-13)17(3,4)5/h7-10,12,15-16,19H,11,18H2,1-6H3.